The van der Waals surface area contributed by atoms with Crippen molar-refractivity contribution in [1.82, 2.24) is 10.3 Å². The summed E-state index contributed by atoms with van der Waals surface area (Å²) in [5.41, 5.74) is 1.20. The van der Waals surface area contributed by atoms with E-state index < -0.39 is 0 Å². The van der Waals surface area contributed by atoms with Crippen molar-refractivity contribution in [2.75, 3.05) is 25.5 Å². The van der Waals surface area contributed by atoms with E-state index in [2.05, 4.69) is 20.4 Å². The van der Waals surface area contributed by atoms with Crippen LogP contribution in [0.3, 0.4) is 0 Å². The SMILES string of the molecule is COC(=O)c1ccc(NCC2CCCN2)nc1C. The zero-order valence-electron chi connectivity index (χ0n) is 10.8. The molecule has 0 bridgehead atoms. The van der Waals surface area contributed by atoms with Gasteiger partial charge >= 0.3 is 5.97 Å². The zero-order chi connectivity index (χ0) is 13.0. The number of rotatable bonds is 4. The first-order valence-corrected chi connectivity index (χ1v) is 6.24. The smallest absolute Gasteiger partial charge is 0.339 e. The summed E-state index contributed by atoms with van der Waals surface area (Å²) in [5.74, 6) is 0.456. The Kier molecular flexibility index (Phi) is 4.15. The second-order valence-electron chi connectivity index (χ2n) is 4.50. The summed E-state index contributed by atoms with van der Waals surface area (Å²) in [6.45, 7) is 3.77. The molecule has 5 heteroatoms. The van der Waals surface area contributed by atoms with Gasteiger partial charge in [0.2, 0.25) is 0 Å². The second-order valence-corrected chi connectivity index (χ2v) is 4.50. The van der Waals surface area contributed by atoms with Gasteiger partial charge in [0, 0.05) is 12.6 Å². The molecule has 0 radical (unpaired) electrons. The van der Waals surface area contributed by atoms with Gasteiger partial charge in [-0.2, -0.15) is 0 Å². The molecule has 0 aliphatic carbocycles. The molecule has 2 rings (SSSR count). The number of pyridine rings is 1. The molecule has 1 aromatic heterocycles. The fraction of sp³-hybridized carbons (Fsp3) is 0.538. The summed E-state index contributed by atoms with van der Waals surface area (Å²) in [6, 6.07) is 4.08. The van der Waals surface area contributed by atoms with Crippen LogP contribution in [-0.4, -0.2) is 37.2 Å². The number of anilines is 1. The van der Waals surface area contributed by atoms with Gasteiger partial charge in [-0.05, 0) is 38.4 Å². The van der Waals surface area contributed by atoms with Crippen LogP contribution in [0.2, 0.25) is 0 Å². The molecule has 1 aromatic rings. The molecule has 1 fully saturated rings. The first-order valence-electron chi connectivity index (χ1n) is 6.24. The van der Waals surface area contributed by atoms with E-state index in [1.54, 1.807) is 6.07 Å². The largest absolute Gasteiger partial charge is 0.465 e. The minimum absolute atomic E-state index is 0.344. The van der Waals surface area contributed by atoms with Crippen molar-refractivity contribution in [3.05, 3.63) is 23.4 Å². The highest BCUT2D eigenvalue weighted by atomic mass is 16.5. The number of carbonyl (C=O) groups is 1. The summed E-state index contributed by atoms with van der Waals surface area (Å²) in [7, 11) is 1.37. The maximum absolute atomic E-state index is 11.4. The first kappa shape index (κ1) is 12.8. The molecular formula is C13H19N3O2. The van der Waals surface area contributed by atoms with Crippen LogP contribution in [0.25, 0.3) is 0 Å². The highest BCUT2D eigenvalue weighted by Gasteiger charge is 2.14. The van der Waals surface area contributed by atoms with Gasteiger partial charge in [0.1, 0.15) is 5.82 Å². The van der Waals surface area contributed by atoms with E-state index in [-0.39, 0.29) is 5.97 Å². The molecule has 0 amide bonds. The summed E-state index contributed by atoms with van der Waals surface area (Å²) in [6.07, 6.45) is 2.44. The number of aryl methyl sites for hydroxylation is 1. The van der Waals surface area contributed by atoms with E-state index in [1.807, 2.05) is 13.0 Å². The number of carbonyl (C=O) groups excluding carboxylic acids is 1. The van der Waals surface area contributed by atoms with Crippen molar-refractivity contribution >= 4 is 11.8 Å². The molecule has 2 heterocycles. The molecule has 2 N–H and O–H groups in total. The highest BCUT2D eigenvalue weighted by Crippen LogP contribution is 2.12. The molecule has 5 nitrogen and oxygen atoms in total. The second kappa shape index (κ2) is 5.82. The Balaban J connectivity index is 1.97. The number of nitrogens with zero attached hydrogens (tertiary/aromatic N) is 1. The van der Waals surface area contributed by atoms with Crippen molar-refractivity contribution in [3.8, 4) is 0 Å². The third-order valence-electron chi connectivity index (χ3n) is 3.18. The van der Waals surface area contributed by atoms with Crippen molar-refractivity contribution in [2.24, 2.45) is 0 Å². The van der Waals surface area contributed by atoms with Crippen LogP contribution in [-0.2, 0) is 4.74 Å². The van der Waals surface area contributed by atoms with Gasteiger partial charge < -0.3 is 15.4 Å². The maximum Gasteiger partial charge on any atom is 0.339 e. The Morgan fingerprint density at radius 2 is 2.44 bits per heavy atom. The number of ether oxygens (including phenoxy) is 1. The quantitative estimate of drug-likeness (QED) is 0.788. The molecule has 98 valence electrons. The Bertz CT molecular complexity index is 428. The van der Waals surface area contributed by atoms with Gasteiger partial charge in [-0.1, -0.05) is 0 Å². The Morgan fingerprint density at radius 3 is 3.06 bits per heavy atom. The van der Waals surface area contributed by atoms with Crippen molar-refractivity contribution in [2.45, 2.75) is 25.8 Å². The third kappa shape index (κ3) is 2.98. The van der Waals surface area contributed by atoms with E-state index in [1.165, 1.54) is 20.0 Å². The summed E-state index contributed by atoms with van der Waals surface area (Å²) in [5, 5.41) is 6.70. The fourth-order valence-corrected chi connectivity index (χ4v) is 2.14. The van der Waals surface area contributed by atoms with E-state index in [0.29, 0.717) is 17.3 Å². The van der Waals surface area contributed by atoms with Crippen LogP contribution in [0, 0.1) is 6.92 Å². The average Bonchev–Trinajstić information content (AvgIpc) is 2.88. The van der Waals surface area contributed by atoms with E-state index >= 15 is 0 Å². The molecule has 1 aliphatic heterocycles. The molecule has 1 atom stereocenters. The first-order chi connectivity index (χ1) is 8.70. The minimum atomic E-state index is -0.344. The Labute approximate surface area is 107 Å². The summed E-state index contributed by atoms with van der Waals surface area (Å²) in [4.78, 5) is 15.8. The number of methoxy groups -OCH3 is 1. The molecular weight excluding hydrogens is 230 g/mol. The average molecular weight is 249 g/mol. The molecule has 0 saturated carbocycles. The molecule has 0 aromatic carbocycles. The number of nitrogens with one attached hydrogen (secondary N) is 2. The topological polar surface area (TPSA) is 63.2 Å². The predicted octanol–water partition coefficient (Wildman–Crippen LogP) is 1.34. The van der Waals surface area contributed by atoms with Gasteiger partial charge in [-0.3, -0.25) is 0 Å². The molecule has 1 aliphatic rings. The molecule has 1 saturated heterocycles. The van der Waals surface area contributed by atoms with Gasteiger partial charge in [0.25, 0.3) is 0 Å². The summed E-state index contributed by atoms with van der Waals surface area (Å²) >= 11 is 0. The van der Waals surface area contributed by atoms with Gasteiger partial charge in [-0.15, -0.1) is 0 Å². The van der Waals surface area contributed by atoms with Crippen LogP contribution >= 0.6 is 0 Å². The predicted molar refractivity (Wildman–Crippen MR) is 69.8 cm³/mol. The Morgan fingerprint density at radius 1 is 1.61 bits per heavy atom. The van der Waals surface area contributed by atoms with E-state index in [4.69, 9.17) is 0 Å². The normalized spacial score (nSPS) is 18.7. The van der Waals surface area contributed by atoms with Crippen molar-refractivity contribution in [3.63, 3.8) is 0 Å². The van der Waals surface area contributed by atoms with E-state index in [9.17, 15) is 4.79 Å². The molecule has 1 unspecified atom stereocenters. The van der Waals surface area contributed by atoms with Gasteiger partial charge in [0.05, 0.1) is 18.4 Å². The number of hydrogen-bond donors (Lipinski definition) is 2. The maximum atomic E-state index is 11.4. The van der Waals surface area contributed by atoms with Crippen LogP contribution in [0.1, 0.15) is 28.9 Å². The highest BCUT2D eigenvalue weighted by molar-refractivity contribution is 5.90. The van der Waals surface area contributed by atoms with Gasteiger partial charge in [0.15, 0.2) is 0 Å². The lowest BCUT2D eigenvalue weighted by atomic mass is 10.2. The van der Waals surface area contributed by atoms with Crippen LogP contribution in [0.5, 0.6) is 0 Å². The Hall–Kier alpha value is -1.62. The van der Waals surface area contributed by atoms with Crippen LogP contribution in [0.15, 0.2) is 12.1 Å². The summed E-state index contributed by atoms with van der Waals surface area (Å²) < 4.78 is 4.69. The fourth-order valence-electron chi connectivity index (χ4n) is 2.14. The van der Waals surface area contributed by atoms with Crippen LogP contribution in [0.4, 0.5) is 5.82 Å². The lowest BCUT2D eigenvalue weighted by Gasteiger charge is -2.13. The lowest BCUT2D eigenvalue weighted by Crippen LogP contribution is -2.29. The van der Waals surface area contributed by atoms with Gasteiger partial charge in [-0.25, -0.2) is 9.78 Å². The van der Waals surface area contributed by atoms with Crippen molar-refractivity contribution < 1.29 is 9.53 Å². The minimum Gasteiger partial charge on any atom is -0.465 e. The standard InChI is InChI=1S/C13H19N3O2/c1-9-11(13(17)18-2)5-6-12(16-9)15-8-10-4-3-7-14-10/h5-6,10,14H,3-4,7-8H2,1-2H3,(H,15,16). The molecule has 0 spiro atoms. The van der Waals surface area contributed by atoms with Crippen molar-refractivity contribution in [1.29, 1.82) is 0 Å². The van der Waals surface area contributed by atoms with Crippen LogP contribution < -0.4 is 10.6 Å². The molecule has 18 heavy (non-hydrogen) atoms. The third-order valence-corrected chi connectivity index (χ3v) is 3.18. The van der Waals surface area contributed by atoms with E-state index in [0.717, 1.165) is 18.9 Å². The lowest BCUT2D eigenvalue weighted by molar-refractivity contribution is 0.0599. The number of esters is 1. The number of aromatic nitrogens is 1. The zero-order valence-corrected chi connectivity index (χ0v) is 10.8. The number of hydrogen-bond acceptors (Lipinski definition) is 5. The monoisotopic (exact) mass is 249 g/mol.